The lowest BCUT2D eigenvalue weighted by atomic mass is 10.1. The number of benzene rings is 1. The number of ether oxygens (including phenoxy) is 2. The molecule has 0 spiro atoms. The van der Waals surface area contributed by atoms with Gasteiger partial charge in [0.1, 0.15) is 5.70 Å². The molecule has 0 saturated heterocycles. The van der Waals surface area contributed by atoms with Gasteiger partial charge < -0.3 is 9.47 Å². The maximum Gasteiger partial charge on any atom is 0.278 e. The molecule has 6 heteroatoms. The van der Waals surface area contributed by atoms with E-state index in [4.69, 9.17) is 9.47 Å². The molecule has 0 unspecified atom stereocenters. The van der Waals surface area contributed by atoms with Gasteiger partial charge in [0.25, 0.3) is 5.91 Å². The zero-order valence-corrected chi connectivity index (χ0v) is 13.4. The van der Waals surface area contributed by atoms with E-state index in [2.05, 4.69) is 4.99 Å². The number of methoxy groups -OCH3 is 2. The quantitative estimate of drug-likeness (QED) is 0.802. The third-order valence-corrected chi connectivity index (χ3v) is 3.92. The molecule has 1 heterocycles. The summed E-state index contributed by atoms with van der Waals surface area (Å²) in [6, 6.07) is 5.49. The second kappa shape index (κ2) is 6.67. The second-order valence-electron chi connectivity index (χ2n) is 4.34. The molecule has 0 saturated carbocycles. The largest absolute Gasteiger partial charge is 0.493 e. The first-order valence-corrected chi connectivity index (χ1v) is 7.52. The minimum atomic E-state index is -0.0965. The number of amides is 1. The van der Waals surface area contributed by atoms with Crippen molar-refractivity contribution in [1.29, 1.82) is 0 Å². The number of likely N-dealkylation sites (N-methyl/N-ethyl adjacent to an activating group) is 1. The average Bonchev–Trinajstić information content (AvgIpc) is 2.76. The van der Waals surface area contributed by atoms with Crippen molar-refractivity contribution in [2.45, 2.75) is 6.92 Å². The van der Waals surface area contributed by atoms with Crippen molar-refractivity contribution in [3.05, 3.63) is 29.5 Å². The number of amidine groups is 1. The van der Waals surface area contributed by atoms with Crippen LogP contribution in [0.1, 0.15) is 12.5 Å². The van der Waals surface area contributed by atoms with Crippen molar-refractivity contribution in [1.82, 2.24) is 4.90 Å². The van der Waals surface area contributed by atoms with E-state index in [0.717, 1.165) is 16.5 Å². The number of hydrogen-bond acceptors (Lipinski definition) is 5. The lowest BCUT2D eigenvalue weighted by Gasteiger charge is -2.09. The van der Waals surface area contributed by atoms with Gasteiger partial charge in [-0.1, -0.05) is 24.8 Å². The van der Waals surface area contributed by atoms with Crippen molar-refractivity contribution in [2.75, 3.05) is 27.0 Å². The highest BCUT2D eigenvalue weighted by atomic mass is 32.2. The van der Waals surface area contributed by atoms with Gasteiger partial charge in [0.2, 0.25) is 0 Å². The van der Waals surface area contributed by atoms with Crippen molar-refractivity contribution in [3.63, 3.8) is 0 Å². The highest BCUT2D eigenvalue weighted by molar-refractivity contribution is 8.13. The number of aliphatic imine (C=N–C) groups is 1. The molecule has 5 nitrogen and oxygen atoms in total. The third kappa shape index (κ3) is 3.21. The smallest absolute Gasteiger partial charge is 0.278 e. The molecule has 1 aliphatic heterocycles. The van der Waals surface area contributed by atoms with Gasteiger partial charge in [-0.15, -0.1) is 0 Å². The number of carbonyl (C=O) groups is 1. The van der Waals surface area contributed by atoms with E-state index in [-0.39, 0.29) is 5.91 Å². The minimum absolute atomic E-state index is 0.0965. The first-order chi connectivity index (χ1) is 10.1. The van der Waals surface area contributed by atoms with Crippen LogP contribution in [0, 0.1) is 0 Å². The number of rotatable bonds is 4. The van der Waals surface area contributed by atoms with E-state index >= 15 is 0 Å². The summed E-state index contributed by atoms with van der Waals surface area (Å²) >= 11 is 1.55. The number of nitrogens with zero attached hydrogens (tertiary/aromatic N) is 2. The van der Waals surface area contributed by atoms with Gasteiger partial charge in [-0.05, 0) is 29.5 Å². The Balaban J connectivity index is 2.33. The Labute approximate surface area is 128 Å². The van der Waals surface area contributed by atoms with E-state index in [1.165, 1.54) is 0 Å². The van der Waals surface area contributed by atoms with Crippen LogP contribution in [0.25, 0.3) is 6.08 Å². The van der Waals surface area contributed by atoms with Crippen LogP contribution in [0.5, 0.6) is 11.5 Å². The molecule has 0 N–H and O–H groups in total. The van der Waals surface area contributed by atoms with E-state index in [9.17, 15) is 4.79 Å². The summed E-state index contributed by atoms with van der Waals surface area (Å²) in [5.74, 6) is 2.05. The first kappa shape index (κ1) is 15.4. The lowest BCUT2D eigenvalue weighted by Crippen LogP contribution is -2.25. The molecule has 0 atom stereocenters. The highest BCUT2D eigenvalue weighted by Crippen LogP contribution is 2.29. The summed E-state index contributed by atoms with van der Waals surface area (Å²) in [5, 5.41) is 0.731. The molecule has 1 amide bonds. The maximum atomic E-state index is 12.1. The van der Waals surface area contributed by atoms with E-state index in [1.807, 2.05) is 19.1 Å². The Hall–Kier alpha value is -1.95. The predicted octanol–water partition coefficient (Wildman–Crippen LogP) is 2.63. The molecule has 1 aromatic carbocycles. The predicted molar refractivity (Wildman–Crippen MR) is 85.9 cm³/mol. The Morgan fingerprint density at radius 1 is 1.29 bits per heavy atom. The Morgan fingerprint density at radius 2 is 2.00 bits per heavy atom. The highest BCUT2D eigenvalue weighted by Gasteiger charge is 2.26. The number of thioether (sulfide) groups is 1. The molecule has 112 valence electrons. The van der Waals surface area contributed by atoms with Crippen LogP contribution in [-0.2, 0) is 4.79 Å². The summed E-state index contributed by atoms with van der Waals surface area (Å²) in [6.45, 7) is 2.03. The molecule has 0 aliphatic carbocycles. The van der Waals surface area contributed by atoms with Crippen molar-refractivity contribution < 1.29 is 14.3 Å². The maximum absolute atomic E-state index is 12.1. The van der Waals surface area contributed by atoms with E-state index in [0.29, 0.717) is 17.2 Å². The van der Waals surface area contributed by atoms with Gasteiger partial charge >= 0.3 is 0 Å². The second-order valence-corrected chi connectivity index (χ2v) is 5.57. The van der Waals surface area contributed by atoms with Crippen molar-refractivity contribution in [3.8, 4) is 11.5 Å². The third-order valence-electron chi connectivity index (χ3n) is 3.01. The molecule has 0 aromatic heterocycles. The fourth-order valence-electron chi connectivity index (χ4n) is 1.94. The monoisotopic (exact) mass is 306 g/mol. The number of carbonyl (C=O) groups excluding carboxylic acids is 1. The van der Waals surface area contributed by atoms with Crippen LogP contribution in [-0.4, -0.2) is 43.0 Å². The summed E-state index contributed by atoms with van der Waals surface area (Å²) in [4.78, 5) is 18.1. The Kier molecular flexibility index (Phi) is 4.90. The summed E-state index contributed by atoms with van der Waals surface area (Å²) in [7, 11) is 4.90. The van der Waals surface area contributed by atoms with Gasteiger partial charge in [-0.3, -0.25) is 9.69 Å². The fraction of sp³-hybridized carbons (Fsp3) is 0.333. The topological polar surface area (TPSA) is 51.1 Å². The van der Waals surface area contributed by atoms with E-state index in [1.54, 1.807) is 50.1 Å². The molecular weight excluding hydrogens is 288 g/mol. The van der Waals surface area contributed by atoms with Crippen LogP contribution in [0.4, 0.5) is 0 Å². The van der Waals surface area contributed by atoms with Gasteiger partial charge in [0.15, 0.2) is 16.7 Å². The Bertz CT molecular complexity index is 611. The summed E-state index contributed by atoms with van der Waals surface area (Å²) in [6.07, 6.45) is 1.75. The normalized spacial score (nSPS) is 16.4. The standard InChI is InChI=1S/C15H18N2O3S/c1-5-21-15-16-11(14(18)17(15)2)8-10-6-7-12(19-3)13(9-10)20-4/h6-9H,5H2,1-4H3/b11-8+. The molecule has 21 heavy (non-hydrogen) atoms. The van der Waals surface area contributed by atoms with Gasteiger partial charge in [-0.2, -0.15) is 0 Å². The van der Waals surface area contributed by atoms with Crippen LogP contribution in [0.15, 0.2) is 28.9 Å². The fourth-order valence-corrected chi connectivity index (χ4v) is 2.63. The summed E-state index contributed by atoms with van der Waals surface area (Å²) in [5.41, 5.74) is 1.27. The van der Waals surface area contributed by atoms with Crippen LogP contribution in [0.3, 0.4) is 0 Å². The molecule has 0 fully saturated rings. The van der Waals surface area contributed by atoms with Crippen LogP contribution in [0.2, 0.25) is 0 Å². The zero-order valence-electron chi connectivity index (χ0n) is 12.5. The minimum Gasteiger partial charge on any atom is -0.493 e. The summed E-state index contributed by atoms with van der Waals surface area (Å²) < 4.78 is 10.5. The molecule has 0 radical (unpaired) electrons. The van der Waals surface area contributed by atoms with Crippen LogP contribution >= 0.6 is 11.8 Å². The first-order valence-electron chi connectivity index (χ1n) is 6.54. The molecule has 1 aliphatic rings. The molecule has 0 bridgehead atoms. The molecular formula is C15H18N2O3S. The van der Waals surface area contributed by atoms with Gasteiger partial charge in [0, 0.05) is 7.05 Å². The van der Waals surface area contributed by atoms with Gasteiger partial charge in [-0.25, -0.2) is 4.99 Å². The van der Waals surface area contributed by atoms with Crippen molar-refractivity contribution in [2.24, 2.45) is 4.99 Å². The van der Waals surface area contributed by atoms with Crippen LogP contribution < -0.4 is 9.47 Å². The van der Waals surface area contributed by atoms with Gasteiger partial charge in [0.05, 0.1) is 14.2 Å². The molecule has 1 aromatic rings. The zero-order chi connectivity index (χ0) is 15.4. The van der Waals surface area contributed by atoms with E-state index < -0.39 is 0 Å². The lowest BCUT2D eigenvalue weighted by molar-refractivity contribution is -0.121. The Morgan fingerprint density at radius 3 is 2.62 bits per heavy atom. The number of hydrogen-bond donors (Lipinski definition) is 0. The molecule has 2 rings (SSSR count). The average molecular weight is 306 g/mol. The van der Waals surface area contributed by atoms with Crippen molar-refractivity contribution >= 4 is 28.9 Å². The SMILES string of the molecule is CCSC1=N/C(=C/c2ccc(OC)c(OC)c2)C(=O)N1C.